The van der Waals surface area contributed by atoms with Gasteiger partial charge in [-0.25, -0.2) is 4.39 Å². The molecule has 0 unspecified atom stereocenters. The van der Waals surface area contributed by atoms with E-state index in [1.165, 1.54) is 6.07 Å². The lowest BCUT2D eigenvalue weighted by molar-refractivity contribution is -0.0499. The smallest absolute Gasteiger partial charge is 0.433 e. The first-order valence-corrected chi connectivity index (χ1v) is 6.71. The molecular weight excluding hydrogens is 307 g/mol. The summed E-state index contributed by atoms with van der Waals surface area (Å²) in [6.07, 6.45) is 0. The van der Waals surface area contributed by atoms with Crippen LogP contribution in [0.15, 0.2) is 12.1 Å². The van der Waals surface area contributed by atoms with Crippen LogP contribution in [0.1, 0.15) is 27.7 Å². The van der Waals surface area contributed by atoms with Crippen LogP contribution in [-0.4, -0.2) is 24.9 Å². The van der Waals surface area contributed by atoms with Crippen LogP contribution < -0.4 is 10.2 Å². The SMILES string of the molecule is CC1(C)OB(c2ccc(OC(F)F)c(Cl)c2F)OC1(C)C. The number of benzene rings is 1. The quantitative estimate of drug-likeness (QED) is 0.799. The zero-order valence-corrected chi connectivity index (χ0v) is 12.8. The Bertz CT molecular complexity index is 536. The first-order valence-electron chi connectivity index (χ1n) is 6.33. The average Bonchev–Trinajstić information content (AvgIpc) is 2.54. The van der Waals surface area contributed by atoms with Gasteiger partial charge in [0.25, 0.3) is 0 Å². The highest BCUT2D eigenvalue weighted by molar-refractivity contribution is 6.62. The third kappa shape index (κ3) is 3.00. The molecule has 0 atom stereocenters. The second-order valence-electron chi connectivity index (χ2n) is 5.75. The largest absolute Gasteiger partial charge is 0.497 e. The maximum Gasteiger partial charge on any atom is 0.497 e. The maximum atomic E-state index is 14.3. The molecule has 0 radical (unpaired) electrons. The van der Waals surface area contributed by atoms with Gasteiger partial charge >= 0.3 is 13.7 Å². The second-order valence-corrected chi connectivity index (χ2v) is 6.13. The topological polar surface area (TPSA) is 27.7 Å². The van der Waals surface area contributed by atoms with Gasteiger partial charge in [0.15, 0.2) is 0 Å². The highest BCUT2D eigenvalue weighted by Gasteiger charge is 2.52. The van der Waals surface area contributed by atoms with Gasteiger partial charge in [-0.3, -0.25) is 0 Å². The predicted octanol–water partition coefficient (Wildman–Crippen LogP) is 3.38. The molecule has 3 nitrogen and oxygen atoms in total. The molecule has 1 aliphatic heterocycles. The van der Waals surface area contributed by atoms with Crippen molar-refractivity contribution in [3.05, 3.63) is 23.0 Å². The van der Waals surface area contributed by atoms with Gasteiger partial charge in [0.2, 0.25) is 0 Å². The van der Waals surface area contributed by atoms with Gasteiger partial charge in [0, 0.05) is 5.46 Å². The van der Waals surface area contributed by atoms with Gasteiger partial charge < -0.3 is 14.0 Å². The predicted molar refractivity (Wildman–Crippen MR) is 73.8 cm³/mol. The standard InChI is InChI=1S/C13H15BClF3O3/c1-12(2)13(3,4)21-14(20-12)7-5-6-8(19-11(17)18)9(15)10(7)16/h5-6,11H,1-4H3. The van der Waals surface area contributed by atoms with E-state index in [4.69, 9.17) is 20.9 Å². The van der Waals surface area contributed by atoms with E-state index in [1.54, 1.807) is 0 Å². The van der Waals surface area contributed by atoms with Crippen LogP contribution in [0.5, 0.6) is 5.75 Å². The third-order valence-corrected chi connectivity index (χ3v) is 4.15. The summed E-state index contributed by atoms with van der Waals surface area (Å²) in [5, 5.41) is -0.525. The van der Waals surface area contributed by atoms with Crippen molar-refractivity contribution in [3.63, 3.8) is 0 Å². The lowest BCUT2D eigenvalue weighted by atomic mass is 9.78. The molecule has 116 valence electrons. The molecule has 21 heavy (non-hydrogen) atoms. The number of ether oxygens (including phenoxy) is 1. The minimum atomic E-state index is -3.08. The minimum absolute atomic E-state index is 0.0419. The van der Waals surface area contributed by atoms with E-state index in [0.717, 1.165) is 6.07 Å². The van der Waals surface area contributed by atoms with Crippen molar-refractivity contribution in [2.45, 2.75) is 45.5 Å². The summed E-state index contributed by atoms with van der Waals surface area (Å²) in [4.78, 5) is 0. The zero-order chi connectivity index (χ0) is 16.0. The van der Waals surface area contributed by atoms with E-state index in [2.05, 4.69) is 4.74 Å². The van der Waals surface area contributed by atoms with Gasteiger partial charge in [0.1, 0.15) is 16.6 Å². The lowest BCUT2D eigenvalue weighted by Crippen LogP contribution is -2.41. The first kappa shape index (κ1) is 16.5. The van der Waals surface area contributed by atoms with E-state index in [1.807, 2.05) is 27.7 Å². The number of alkyl halides is 2. The molecule has 1 fully saturated rings. The Kier molecular flexibility index (Phi) is 4.21. The van der Waals surface area contributed by atoms with Crippen molar-refractivity contribution in [2.24, 2.45) is 0 Å². The van der Waals surface area contributed by atoms with Crippen molar-refractivity contribution in [2.75, 3.05) is 0 Å². The van der Waals surface area contributed by atoms with E-state index in [9.17, 15) is 13.2 Å². The van der Waals surface area contributed by atoms with E-state index in [0.29, 0.717) is 0 Å². The normalized spacial score (nSPS) is 20.1. The summed E-state index contributed by atoms with van der Waals surface area (Å²) in [5.41, 5.74) is -1.25. The minimum Gasteiger partial charge on any atom is -0.433 e. The molecule has 0 N–H and O–H groups in total. The van der Waals surface area contributed by atoms with Crippen LogP contribution in [0.3, 0.4) is 0 Å². The van der Waals surface area contributed by atoms with Crippen LogP contribution in [-0.2, 0) is 9.31 Å². The molecule has 1 aliphatic rings. The maximum absolute atomic E-state index is 14.3. The zero-order valence-electron chi connectivity index (χ0n) is 12.0. The van der Waals surface area contributed by atoms with Crippen molar-refractivity contribution in [1.82, 2.24) is 0 Å². The summed E-state index contributed by atoms with van der Waals surface area (Å²) in [5.74, 6) is -1.32. The Balaban J connectivity index is 2.33. The van der Waals surface area contributed by atoms with Crippen LogP contribution in [0.25, 0.3) is 0 Å². The van der Waals surface area contributed by atoms with Crippen molar-refractivity contribution in [3.8, 4) is 5.75 Å². The van der Waals surface area contributed by atoms with Crippen molar-refractivity contribution in [1.29, 1.82) is 0 Å². The molecule has 8 heteroatoms. The average molecular weight is 323 g/mol. The Morgan fingerprint density at radius 1 is 1.14 bits per heavy atom. The molecule has 1 heterocycles. The fraction of sp³-hybridized carbons (Fsp3) is 0.538. The molecule has 1 saturated heterocycles. The van der Waals surface area contributed by atoms with Gasteiger partial charge in [-0.15, -0.1) is 0 Å². The molecular formula is C13H15BClF3O3. The summed E-state index contributed by atoms with van der Waals surface area (Å²) in [6.45, 7) is 4.20. The van der Waals surface area contributed by atoms with Gasteiger partial charge in [-0.05, 0) is 33.8 Å². The Labute approximate surface area is 126 Å². The number of hydrogen-bond donors (Lipinski definition) is 0. The molecule has 0 bridgehead atoms. The monoisotopic (exact) mass is 322 g/mol. The van der Waals surface area contributed by atoms with Crippen LogP contribution in [0, 0.1) is 5.82 Å². The second kappa shape index (κ2) is 5.37. The Morgan fingerprint density at radius 2 is 1.67 bits per heavy atom. The Hall–Kier alpha value is -0.915. The first-order chi connectivity index (χ1) is 9.55. The molecule has 0 saturated carbocycles. The van der Waals surface area contributed by atoms with Gasteiger partial charge in [-0.1, -0.05) is 17.7 Å². The number of rotatable bonds is 3. The van der Waals surface area contributed by atoms with E-state index < -0.39 is 41.5 Å². The fourth-order valence-corrected chi connectivity index (χ4v) is 2.10. The van der Waals surface area contributed by atoms with Crippen molar-refractivity contribution >= 4 is 24.2 Å². The number of hydrogen-bond acceptors (Lipinski definition) is 3. The highest BCUT2D eigenvalue weighted by atomic mass is 35.5. The van der Waals surface area contributed by atoms with E-state index in [-0.39, 0.29) is 5.46 Å². The van der Waals surface area contributed by atoms with E-state index >= 15 is 0 Å². The van der Waals surface area contributed by atoms with Crippen molar-refractivity contribution < 1.29 is 27.2 Å². The van der Waals surface area contributed by atoms with Crippen LogP contribution >= 0.6 is 11.6 Å². The molecule has 2 rings (SSSR count). The molecule has 1 aromatic carbocycles. The molecule has 0 aliphatic carbocycles. The highest BCUT2D eigenvalue weighted by Crippen LogP contribution is 2.37. The van der Waals surface area contributed by atoms with Crippen LogP contribution in [0.2, 0.25) is 5.02 Å². The molecule has 0 amide bonds. The van der Waals surface area contributed by atoms with Crippen LogP contribution in [0.4, 0.5) is 13.2 Å². The van der Waals surface area contributed by atoms with Gasteiger partial charge in [-0.2, -0.15) is 8.78 Å². The third-order valence-electron chi connectivity index (χ3n) is 3.80. The lowest BCUT2D eigenvalue weighted by Gasteiger charge is -2.32. The molecule has 1 aromatic rings. The van der Waals surface area contributed by atoms with Gasteiger partial charge in [0.05, 0.1) is 11.2 Å². The molecule has 0 aromatic heterocycles. The summed E-state index contributed by atoms with van der Waals surface area (Å²) in [7, 11) is -0.965. The summed E-state index contributed by atoms with van der Waals surface area (Å²) in [6, 6.07) is 2.43. The fourth-order valence-electron chi connectivity index (χ4n) is 1.89. The Morgan fingerprint density at radius 3 is 2.14 bits per heavy atom. The molecule has 0 spiro atoms. The number of halogens is 4. The summed E-state index contributed by atoms with van der Waals surface area (Å²) >= 11 is 5.72. The summed E-state index contributed by atoms with van der Waals surface area (Å²) < 4.78 is 54.2.